The molecule has 1 N–H and O–H groups in total. The van der Waals surface area contributed by atoms with E-state index in [-0.39, 0.29) is 23.6 Å². The number of hydrogen-bond acceptors (Lipinski definition) is 6. The molecule has 0 bridgehead atoms. The van der Waals surface area contributed by atoms with E-state index >= 15 is 0 Å². The van der Waals surface area contributed by atoms with E-state index in [1.165, 1.54) is 6.20 Å². The molecule has 0 saturated carbocycles. The molecule has 1 aromatic heterocycles. The fourth-order valence-electron chi connectivity index (χ4n) is 4.63. The van der Waals surface area contributed by atoms with Gasteiger partial charge >= 0.3 is 0 Å². The lowest BCUT2D eigenvalue weighted by atomic mass is 9.82. The summed E-state index contributed by atoms with van der Waals surface area (Å²) >= 11 is 1.55. The highest BCUT2D eigenvalue weighted by atomic mass is 32.2. The van der Waals surface area contributed by atoms with Gasteiger partial charge in [-0.15, -0.1) is 0 Å². The standard InChI is InChI=1S/C26H26FN5OS/c1-17(2)22-21(27)13-28-24(29-22)32-14-20-15-34-25(30-23(33)18-9-5-3-6-10-18)31-26(20,16-32)19-11-7-4-8-12-19/h3-13,17,20H,14-16H2,1-2H3,(H,30,31,33)/t20-,26?/m0/s1. The Balaban J connectivity index is 1.50. The van der Waals surface area contributed by atoms with E-state index in [9.17, 15) is 9.18 Å². The number of carbonyl (C=O) groups excluding carboxylic acids is 1. The Labute approximate surface area is 202 Å². The van der Waals surface area contributed by atoms with Crippen LogP contribution in [0, 0.1) is 11.7 Å². The molecule has 0 spiro atoms. The van der Waals surface area contributed by atoms with Crippen molar-refractivity contribution < 1.29 is 9.18 Å². The van der Waals surface area contributed by atoms with Gasteiger partial charge in [0.1, 0.15) is 5.54 Å². The normalized spacial score (nSPS) is 21.8. The minimum Gasteiger partial charge on any atom is -0.338 e. The second-order valence-electron chi connectivity index (χ2n) is 8.97. The lowest BCUT2D eigenvalue weighted by Gasteiger charge is -2.35. The van der Waals surface area contributed by atoms with E-state index in [2.05, 4.69) is 32.3 Å². The van der Waals surface area contributed by atoms with E-state index in [1.54, 1.807) is 23.9 Å². The first-order valence-corrected chi connectivity index (χ1v) is 12.4. The number of rotatable bonds is 4. The molecule has 3 heterocycles. The van der Waals surface area contributed by atoms with Gasteiger partial charge in [-0.2, -0.15) is 0 Å². The van der Waals surface area contributed by atoms with Gasteiger partial charge in [0.05, 0.1) is 18.4 Å². The lowest BCUT2D eigenvalue weighted by Crippen LogP contribution is -2.42. The van der Waals surface area contributed by atoms with Crippen LogP contribution < -0.4 is 10.2 Å². The van der Waals surface area contributed by atoms with Crippen LogP contribution in [0.5, 0.6) is 0 Å². The number of nitrogens with zero attached hydrogens (tertiary/aromatic N) is 4. The summed E-state index contributed by atoms with van der Waals surface area (Å²) in [6.07, 6.45) is 1.26. The van der Waals surface area contributed by atoms with Gasteiger partial charge in [-0.1, -0.05) is 74.1 Å². The van der Waals surface area contributed by atoms with Gasteiger partial charge in [-0.25, -0.2) is 19.4 Å². The van der Waals surface area contributed by atoms with Gasteiger partial charge in [0.25, 0.3) is 5.91 Å². The second-order valence-corrected chi connectivity index (χ2v) is 9.98. The summed E-state index contributed by atoms with van der Waals surface area (Å²) in [6.45, 7) is 5.10. The van der Waals surface area contributed by atoms with Gasteiger partial charge in [-0.05, 0) is 23.6 Å². The zero-order chi connectivity index (χ0) is 23.7. The average molecular weight is 476 g/mol. The first kappa shape index (κ1) is 22.5. The highest BCUT2D eigenvalue weighted by Gasteiger charge is 2.51. The van der Waals surface area contributed by atoms with Crippen LogP contribution in [0.25, 0.3) is 0 Å². The molecule has 0 aliphatic carbocycles. The first-order chi connectivity index (χ1) is 16.5. The molecule has 2 aliphatic heterocycles. The summed E-state index contributed by atoms with van der Waals surface area (Å²) in [5.74, 6) is 0.901. The van der Waals surface area contributed by atoms with Gasteiger partial charge in [-0.3, -0.25) is 4.79 Å². The third-order valence-electron chi connectivity index (χ3n) is 6.39. The van der Waals surface area contributed by atoms with E-state index in [1.807, 2.05) is 50.2 Å². The number of nitrogens with one attached hydrogen (secondary N) is 1. The Bertz CT molecular complexity index is 1220. The topological polar surface area (TPSA) is 70.5 Å². The van der Waals surface area contributed by atoms with E-state index in [4.69, 9.17) is 4.99 Å². The van der Waals surface area contributed by atoms with Crippen LogP contribution in [-0.2, 0) is 5.54 Å². The predicted octanol–water partition coefficient (Wildman–Crippen LogP) is 4.60. The Kier molecular flexibility index (Phi) is 6.08. The molecule has 2 aliphatic rings. The molecule has 2 atom stereocenters. The number of carbonyl (C=O) groups is 1. The van der Waals surface area contributed by atoms with E-state index in [0.717, 1.165) is 11.3 Å². The fraction of sp³-hybridized carbons (Fsp3) is 0.308. The summed E-state index contributed by atoms with van der Waals surface area (Å²) in [7, 11) is 0. The molecule has 1 amide bonds. The number of thioether (sulfide) groups is 1. The van der Waals surface area contributed by atoms with Crippen molar-refractivity contribution in [3.05, 3.63) is 89.5 Å². The first-order valence-electron chi connectivity index (χ1n) is 11.4. The van der Waals surface area contributed by atoms with Crippen LogP contribution in [0.2, 0.25) is 0 Å². The highest BCUT2D eigenvalue weighted by Crippen LogP contribution is 2.46. The molecule has 6 nitrogen and oxygen atoms in total. The Morgan fingerprint density at radius 2 is 1.85 bits per heavy atom. The van der Waals surface area contributed by atoms with E-state index in [0.29, 0.717) is 35.5 Å². The molecule has 1 unspecified atom stereocenters. The average Bonchev–Trinajstić information content (AvgIpc) is 3.25. The van der Waals surface area contributed by atoms with Crippen molar-refractivity contribution in [2.24, 2.45) is 10.9 Å². The number of amides is 1. The van der Waals surface area contributed by atoms with Gasteiger partial charge < -0.3 is 10.2 Å². The number of aliphatic imine (C=N–C) groups is 1. The molecular formula is C26H26FN5OS. The van der Waals surface area contributed by atoms with Gasteiger partial charge in [0.15, 0.2) is 11.0 Å². The third-order valence-corrected chi connectivity index (χ3v) is 7.42. The quantitative estimate of drug-likeness (QED) is 0.597. The number of amidine groups is 1. The van der Waals surface area contributed by atoms with Gasteiger partial charge in [0.2, 0.25) is 5.95 Å². The zero-order valence-corrected chi connectivity index (χ0v) is 19.9. The van der Waals surface area contributed by atoms with Crippen LogP contribution in [0.3, 0.4) is 0 Å². The molecule has 8 heteroatoms. The molecule has 5 rings (SSSR count). The van der Waals surface area contributed by atoms with Gasteiger partial charge in [0, 0.05) is 23.8 Å². The minimum absolute atomic E-state index is 0.0388. The fourth-order valence-corrected chi connectivity index (χ4v) is 5.77. The minimum atomic E-state index is -0.554. The lowest BCUT2D eigenvalue weighted by molar-refractivity contribution is 0.0977. The smallest absolute Gasteiger partial charge is 0.257 e. The Hall–Kier alpha value is -3.26. The number of aromatic nitrogens is 2. The monoisotopic (exact) mass is 475 g/mol. The van der Waals surface area contributed by atoms with Crippen molar-refractivity contribution in [3.63, 3.8) is 0 Å². The third kappa shape index (κ3) is 4.18. The van der Waals surface area contributed by atoms with Crippen LogP contribution in [0.4, 0.5) is 10.3 Å². The molecule has 1 saturated heterocycles. The van der Waals surface area contributed by atoms with E-state index < -0.39 is 5.54 Å². The second kappa shape index (κ2) is 9.18. The van der Waals surface area contributed by atoms with Crippen LogP contribution in [-0.4, -0.2) is 39.9 Å². The number of benzene rings is 2. The molecule has 174 valence electrons. The van der Waals surface area contributed by atoms with Crippen molar-refractivity contribution in [2.75, 3.05) is 23.7 Å². The summed E-state index contributed by atoms with van der Waals surface area (Å²) < 4.78 is 14.2. The summed E-state index contributed by atoms with van der Waals surface area (Å²) in [4.78, 5) is 28.9. The van der Waals surface area contributed by atoms with Crippen molar-refractivity contribution in [3.8, 4) is 0 Å². The zero-order valence-electron chi connectivity index (χ0n) is 19.1. The SMILES string of the molecule is CC(C)c1nc(N2C[C@H]3CSC(NC(=O)c4ccccc4)=NC3(c3ccccc3)C2)ncc1F. The van der Waals surface area contributed by atoms with Crippen molar-refractivity contribution in [1.82, 2.24) is 15.3 Å². The van der Waals surface area contributed by atoms with Crippen molar-refractivity contribution in [2.45, 2.75) is 25.3 Å². The van der Waals surface area contributed by atoms with Crippen LogP contribution in [0.15, 0.2) is 71.9 Å². The Morgan fingerprint density at radius 3 is 2.56 bits per heavy atom. The summed E-state index contributed by atoms with van der Waals surface area (Å²) in [6, 6.07) is 19.3. The molecule has 1 fully saturated rings. The van der Waals surface area contributed by atoms with Crippen LogP contribution in [0.1, 0.15) is 41.4 Å². The maximum Gasteiger partial charge on any atom is 0.257 e. The summed E-state index contributed by atoms with van der Waals surface area (Å²) in [5.41, 5.74) is 1.54. The number of fused-ring (bicyclic) bond motifs is 1. The highest BCUT2D eigenvalue weighted by molar-refractivity contribution is 8.13. The predicted molar refractivity (Wildman–Crippen MR) is 134 cm³/mol. The number of halogens is 1. The van der Waals surface area contributed by atoms with Crippen molar-refractivity contribution >= 4 is 28.8 Å². The molecule has 3 aromatic rings. The maximum atomic E-state index is 14.2. The molecule has 34 heavy (non-hydrogen) atoms. The largest absolute Gasteiger partial charge is 0.338 e. The van der Waals surface area contributed by atoms with Crippen molar-refractivity contribution in [1.29, 1.82) is 0 Å². The molecule has 0 radical (unpaired) electrons. The maximum absolute atomic E-state index is 14.2. The molecule has 2 aromatic carbocycles. The Morgan fingerprint density at radius 1 is 1.15 bits per heavy atom. The number of anilines is 1. The number of hydrogen-bond donors (Lipinski definition) is 1. The molecular weight excluding hydrogens is 449 g/mol. The summed E-state index contributed by atoms with van der Waals surface area (Å²) in [5, 5.41) is 3.61. The van der Waals surface area contributed by atoms with Crippen LogP contribution >= 0.6 is 11.8 Å².